The number of carbonyl (C=O) groups excluding carboxylic acids is 1. The Morgan fingerprint density at radius 2 is 1.86 bits per heavy atom. The van der Waals surface area contributed by atoms with E-state index >= 15 is 0 Å². The van der Waals surface area contributed by atoms with E-state index in [1.54, 1.807) is 35.9 Å². The molecule has 0 spiro atoms. The summed E-state index contributed by atoms with van der Waals surface area (Å²) >= 11 is 11.9. The molecule has 1 aromatic heterocycles. The third-order valence-corrected chi connectivity index (χ3v) is 5.98. The third-order valence-electron chi connectivity index (χ3n) is 3.87. The maximum atomic E-state index is 12.6. The van der Waals surface area contributed by atoms with E-state index in [0.29, 0.717) is 21.4 Å². The lowest BCUT2D eigenvalue weighted by Crippen LogP contribution is -2.31. The predicted octanol–water partition coefficient (Wildman–Crippen LogP) is 3.52. The van der Waals surface area contributed by atoms with Crippen molar-refractivity contribution in [2.75, 3.05) is 7.11 Å². The number of sulfonamides is 1. The first kappa shape index (κ1) is 20.2. The molecule has 0 aliphatic rings. The molecule has 146 valence electrons. The summed E-state index contributed by atoms with van der Waals surface area (Å²) in [5, 5.41) is 0.729. The molecule has 0 aliphatic heterocycles. The maximum Gasteiger partial charge on any atom is 0.285 e. The topological polar surface area (TPSA) is 90.3 Å². The van der Waals surface area contributed by atoms with E-state index in [1.807, 2.05) is 4.72 Å². The van der Waals surface area contributed by atoms with Crippen molar-refractivity contribution >= 4 is 39.1 Å². The van der Waals surface area contributed by atoms with Gasteiger partial charge in [0.1, 0.15) is 22.2 Å². The van der Waals surface area contributed by atoms with E-state index in [2.05, 4.69) is 4.98 Å². The molecule has 0 atom stereocenters. The number of hydrogen-bond acceptors (Lipinski definition) is 5. The lowest BCUT2D eigenvalue weighted by atomic mass is 10.2. The van der Waals surface area contributed by atoms with Crippen molar-refractivity contribution in [2.45, 2.75) is 4.90 Å². The molecule has 28 heavy (non-hydrogen) atoms. The number of carbonyl (C=O) groups is 1. The van der Waals surface area contributed by atoms with Crippen molar-refractivity contribution in [3.8, 4) is 17.1 Å². The number of amides is 1. The average molecular weight is 440 g/mol. The van der Waals surface area contributed by atoms with E-state index < -0.39 is 15.9 Å². The minimum absolute atomic E-state index is 0.0676. The number of aryl methyl sites for hydroxylation is 1. The highest BCUT2D eigenvalue weighted by atomic mass is 35.5. The van der Waals surface area contributed by atoms with Crippen LogP contribution in [0.25, 0.3) is 11.4 Å². The Morgan fingerprint density at radius 1 is 1.14 bits per heavy atom. The van der Waals surface area contributed by atoms with Gasteiger partial charge in [-0.2, -0.15) is 0 Å². The zero-order valence-electron chi connectivity index (χ0n) is 14.8. The number of ether oxygens (including phenoxy) is 1. The second-order valence-corrected chi connectivity index (χ2v) is 8.24. The zero-order chi connectivity index (χ0) is 20.5. The highest BCUT2D eigenvalue weighted by Gasteiger charge is 2.24. The first-order chi connectivity index (χ1) is 13.2. The van der Waals surface area contributed by atoms with Gasteiger partial charge in [0.2, 0.25) is 0 Å². The van der Waals surface area contributed by atoms with Crippen LogP contribution in [0.5, 0.6) is 5.75 Å². The van der Waals surface area contributed by atoms with Crippen molar-refractivity contribution in [3.05, 3.63) is 64.4 Å². The van der Waals surface area contributed by atoms with Crippen LogP contribution in [0.2, 0.25) is 10.0 Å². The Morgan fingerprint density at radius 3 is 2.54 bits per heavy atom. The first-order valence-electron chi connectivity index (χ1n) is 7.92. The SMILES string of the molecule is COc1ccccc1S(=O)(=O)NC(=O)c1cn(C)c(-c2ccc(Cl)c(Cl)c2)n1. The second-order valence-electron chi connectivity index (χ2n) is 5.78. The van der Waals surface area contributed by atoms with Crippen molar-refractivity contribution in [2.24, 2.45) is 7.05 Å². The van der Waals surface area contributed by atoms with Crippen LogP contribution in [0, 0.1) is 0 Å². The summed E-state index contributed by atoms with van der Waals surface area (Å²) in [6.45, 7) is 0. The number of para-hydroxylation sites is 1. The molecular formula is C18H15Cl2N3O4S. The minimum Gasteiger partial charge on any atom is -0.495 e. The number of halogens is 2. The monoisotopic (exact) mass is 439 g/mol. The highest BCUT2D eigenvalue weighted by Crippen LogP contribution is 2.28. The van der Waals surface area contributed by atoms with Crippen molar-refractivity contribution in [1.29, 1.82) is 0 Å². The normalized spacial score (nSPS) is 11.3. The summed E-state index contributed by atoms with van der Waals surface area (Å²) in [7, 11) is -1.12. The van der Waals surface area contributed by atoms with Gasteiger partial charge >= 0.3 is 0 Å². The molecule has 0 saturated carbocycles. The summed E-state index contributed by atoms with van der Waals surface area (Å²) < 4.78 is 33.8. The Labute approximate surface area is 171 Å². The molecule has 1 N–H and O–H groups in total. The molecule has 3 aromatic rings. The van der Waals surface area contributed by atoms with Crippen molar-refractivity contribution in [1.82, 2.24) is 14.3 Å². The van der Waals surface area contributed by atoms with Gasteiger partial charge in [0.05, 0.1) is 17.2 Å². The van der Waals surface area contributed by atoms with E-state index in [4.69, 9.17) is 27.9 Å². The van der Waals surface area contributed by atoms with Crippen LogP contribution in [0.4, 0.5) is 0 Å². The molecule has 1 heterocycles. The average Bonchev–Trinajstić information content (AvgIpc) is 3.05. The molecule has 0 fully saturated rings. The lowest BCUT2D eigenvalue weighted by Gasteiger charge is -2.09. The van der Waals surface area contributed by atoms with Gasteiger partial charge < -0.3 is 9.30 Å². The summed E-state index contributed by atoms with van der Waals surface area (Å²) in [5.41, 5.74) is 0.561. The lowest BCUT2D eigenvalue weighted by molar-refractivity contribution is 0.0977. The number of nitrogens with one attached hydrogen (secondary N) is 1. The molecule has 3 rings (SSSR count). The molecule has 7 nitrogen and oxygen atoms in total. The van der Waals surface area contributed by atoms with Gasteiger partial charge in [-0.1, -0.05) is 35.3 Å². The molecule has 0 aliphatic carbocycles. The molecular weight excluding hydrogens is 425 g/mol. The highest BCUT2D eigenvalue weighted by molar-refractivity contribution is 7.90. The molecule has 0 saturated heterocycles. The zero-order valence-corrected chi connectivity index (χ0v) is 17.1. The fourth-order valence-corrected chi connectivity index (χ4v) is 3.98. The number of methoxy groups -OCH3 is 1. The molecule has 2 aromatic carbocycles. The number of benzene rings is 2. The minimum atomic E-state index is -4.14. The smallest absolute Gasteiger partial charge is 0.285 e. The molecule has 0 radical (unpaired) electrons. The van der Waals surface area contributed by atoms with Crippen LogP contribution >= 0.6 is 23.2 Å². The van der Waals surface area contributed by atoms with E-state index in [1.165, 1.54) is 31.5 Å². The van der Waals surface area contributed by atoms with Gasteiger partial charge in [-0.3, -0.25) is 4.79 Å². The fraction of sp³-hybridized carbons (Fsp3) is 0.111. The molecule has 1 amide bonds. The summed E-state index contributed by atoms with van der Waals surface area (Å²) in [6.07, 6.45) is 1.42. The first-order valence-corrected chi connectivity index (χ1v) is 10.2. The van der Waals surface area contributed by atoms with Crippen LogP contribution in [-0.2, 0) is 17.1 Å². The van der Waals surface area contributed by atoms with Gasteiger partial charge in [-0.05, 0) is 30.3 Å². The largest absolute Gasteiger partial charge is 0.495 e. The summed E-state index contributed by atoms with van der Waals surface area (Å²) in [5.74, 6) is -0.313. The van der Waals surface area contributed by atoms with Crippen LogP contribution in [0.3, 0.4) is 0 Å². The Bertz CT molecular complexity index is 1160. The molecule has 0 unspecified atom stereocenters. The molecule has 10 heteroatoms. The quantitative estimate of drug-likeness (QED) is 0.656. The number of aromatic nitrogens is 2. The Hall–Kier alpha value is -2.55. The summed E-state index contributed by atoms with van der Waals surface area (Å²) in [6, 6.07) is 10.9. The molecule has 0 bridgehead atoms. The van der Waals surface area contributed by atoms with Gasteiger partial charge in [-0.25, -0.2) is 18.1 Å². The predicted molar refractivity (Wildman–Crippen MR) is 106 cm³/mol. The van der Waals surface area contributed by atoms with E-state index in [0.717, 1.165) is 0 Å². The van der Waals surface area contributed by atoms with E-state index in [-0.39, 0.29) is 16.3 Å². The standard InChI is InChI=1S/C18H15Cl2N3O4S/c1-23-10-14(21-17(23)11-7-8-12(19)13(20)9-11)18(24)22-28(25,26)16-6-4-3-5-15(16)27-2/h3-10H,1-2H3,(H,22,24). The van der Waals surface area contributed by atoms with E-state index in [9.17, 15) is 13.2 Å². The Kier molecular flexibility index (Phi) is 5.64. The van der Waals surface area contributed by atoms with Crippen molar-refractivity contribution in [3.63, 3.8) is 0 Å². The van der Waals surface area contributed by atoms with Crippen LogP contribution in [0.15, 0.2) is 53.6 Å². The fourth-order valence-electron chi connectivity index (χ4n) is 2.55. The van der Waals surface area contributed by atoms with Crippen molar-refractivity contribution < 1.29 is 17.9 Å². The van der Waals surface area contributed by atoms with Crippen LogP contribution in [-0.4, -0.2) is 31.0 Å². The number of nitrogens with zero attached hydrogens (tertiary/aromatic N) is 2. The van der Waals surface area contributed by atoms with Crippen LogP contribution < -0.4 is 9.46 Å². The maximum absolute atomic E-state index is 12.6. The second kappa shape index (κ2) is 7.83. The van der Waals surface area contributed by atoms with Gasteiger partial charge in [0, 0.05) is 18.8 Å². The number of rotatable bonds is 5. The summed E-state index contributed by atoms with van der Waals surface area (Å²) in [4.78, 5) is 16.6. The Balaban J connectivity index is 1.90. The number of hydrogen-bond donors (Lipinski definition) is 1. The van der Waals surface area contributed by atoms with Gasteiger partial charge in [0.25, 0.3) is 15.9 Å². The number of imidazole rings is 1. The van der Waals surface area contributed by atoms with Gasteiger partial charge in [-0.15, -0.1) is 0 Å². The third kappa shape index (κ3) is 3.99. The van der Waals surface area contributed by atoms with Crippen LogP contribution in [0.1, 0.15) is 10.5 Å². The van der Waals surface area contributed by atoms with Gasteiger partial charge in [0.15, 0.2) is 0 Å².